The molecule has 0 aliphatic carbocycles. The van der Waals surface area contributed by atoms with Gasteiger partial charge >= 0.3 is 0 Å². The Hall–Kier alpha value is -2.65. The van der Waals surface area contributed by atoms with Crippen molar-refractivity contribution in [3.05, 3.63) is 64.9 Å². The van der Waals surface area contributed by atoms with Crippen molar-refractivity contribution in [2.75, 3.05) is 23.7 Å². The summed E-state index contributed by atoms with van der Waals surface area (Å²) in [7, 11) is -3.84. The Morgan fingerprint density at radius 2 is 1.67 bits per heavy atom. The molecule has 0 aliphatic heterocycles. The van der Waals surface area contributed by atoms with Gasteiger partial charge in [0.15, 0.2) is 0 Å². The molecule has 180 valence electrons. The highest BCUT2D eigenvalue weighted by Crippen LogP contribution is 2.21. The zero-order chi connectivity index (χ0) is 24.8. The first kappa shape index (κ1) is 26.6. The molecule has 0 aromatic heterocycles. The summed E-state index contributed by atoms with van der Waals surface area (Å²) in [6, 6.07) is 11.0. The third-order valence-corrected chi connectivity index (χ3v) is 6.34. The minimum absolute atomic E-state index is 0.194. The number of benzene rings is 2. The van der Waals surface area contributed by atoms with E-state index in [1.54, 1.807) is 6.07 Å². The molecule has 1 atom stereocenters. The second-order valence-corrected chi connectivity index (χ2v) is 10.5. The van der Waals surface area contributed by atoms with Gasteiger partial charge < -0.3 is 10.2 Å². The van der Waals surface area contributed by atoms with E-state index in [-0.39, 0.29) is 23.7 Å². The molecule has 0 saturated carbocycles. The van der Waals surface area contributed by atoms with Crippen molar-refractivity contribution in [1.29, 1.82) is 0 Å². The molecule has 33 heavy (non-hydrogen) atoms. The standard InChI is InChI=1S/C23H29ClFN3O4S/c1-16(2)13-26-23(30)17(3)27(14-18-7-5-6-8-21(18)25)22(29)15-28(33(4,31)32)20-11-9-19(24)10-12-20/h5-12,16-17H,13-15H2,1-4H3,(H,26,30)/t17-/m1/s1. The van der Waals surface area contributed by atoms with E-state index in [1.807, 2.05) is 13.8 Å². The minimum Gasteiger partial charge on any atom is -0.354 e. The maximum absolute atomic E-state index is 14.3. The van der Waals surface area contributed by atoms with Crippen LogP contribution in [0.2, 0.25) is 5.02 Å². The number of hydrogen-bond acceptors (Lipinski definition) is 4. The van der Waals surface area contributed by atoms with Gasteiger partial charge in [-0.3, -0.25) is 13.9 Å². The maximum atomic E-state index is 14.3. The van der Waals surface area contributed by atoms with Crippen molar-refractivity contribution in [1.82, 2.24) is 10.2 Å². The highest BCUT2D eigenvalue weighted by molar-refractivity contribution is 7.92. The lowest BCUT2D eigenvalue weighted by Gasteiger charge is -2.31. The third kappa shape index (κ3) is 7.71. The SMILES string of the molecule is CC(C)CNC(=O)[C@@H](C)N(Cc1ccccc1F)C(=O)CN(c1ccc(Cl)cc1)S(C)(=O)=O. The number of hydrogen-bond donors (Lipinski definition) is 1. The van der Waals surface area contributed by atoms with Crippen LogP contribution in [0, 0.1) is 11.7 Å². The second kappa shape index (κ2) is 11.5. The van der Waals surface area contributed by atoms with Gasteiger partial charge in [0.1, 0.15) is 18.4 Å². The van der Waals surface area contributed by atoms with Gasteiger partial charge in [-0.15, -0.1) is 0 Å². The zero-order valence-electron chi connectivity index (χ0n) is 19.1. The Kier molecular flexibility index (Phi) is 9.25. The lowest BCUT2D eigenvalue weighted by atomic mass is 10.1. The van der Waals surface area contributed by atoms with E-state index in [4.69, 9.17) is 11.6 Å². The molecule has 2 amide bonds. The predicted octanol–water partition coefficient (Wildman–Crippen LogP) is 3.43. The first-order valence-electron chi connectivity index (χ1n) is 10.4. The number of nitrogens with zero attached hydrogens (tertiary/aromatic N) is 2. The fourth-order valence-electron chi connectivity index (χ4n) is 3.07. The highest BCUT2D eigenvalue weighted by Gasteiger charge is 2.30. The summed E-state index contributed by atoms with van der Waals surface area (Å²) < 4.78 is 40.2. The number of carbonyl (C=O) groups is 2. The molecule has 0 aliphatic rings. The molecule has 0 bridgehead atoms. The van der Waals surface area contributed by atoms with E-state index in [2.05, 4.69) is 5.32 Å². The molecule has 7 nitrogen and oxygen atoms in total. The van der Waals surface area contributed by atoms with Gasteiger partial charge in [0, 0.05) is 23.7 Å². The molecule has 0 spiro atoms. The van der Waals surface area contributed by atoms with Crippen LogP contribution in [-0.4, -0.2) is 50.5 Å². The lowest BCUT2D eigenvalue weighted by molar-refractivity contribution is -0.139. The van der Waals surface area contributed by atoms with Crippen molar-refractivity contribution in [2.24, 2.45) is 5.92 Å². The maximum Gasteiger partial charge on any atom is 0.244 e. The molecule has 1 N–H and O–H groups in total. The Morgan fingerprint density at radius 1 is 1.06 bits per heavy atom. The number of carbonyl (C=O) groups excluding carboxylic acids is 2. The average Bonchev–Trinajstić information content (AvgIpc) is 2.74. The van der Waals surface area contributed by atoms with Gasteiger partial charge in [-0.1, -0.05) is 43.6 Å². The molecule has 0 radical (unpaired) electrons. The first-order chi connectivity index (χ1) is 15.4. The molecular weight excluding hydrogens is 469 g/mol. The fraction of sp³-hybridized carbons (Fsp3) is 0.391. The molecule has 2 aromatic rings. The van der Waals surface area contributed by atoms with Crippen LogP contribution in [-0.2, 0) is 26.2 Å². The van der Waals surface area contributed by atoms with Gasteiger partial charge in [0.25, 0.3) is 0 Å². The summed E-state index contributed by atoms with van der Waals surface area (Å²) in [6.45, 7) is 5.05. The van der Waals surface area contributed by atoms with Crippen molar-refractivity contribution in [3.8, 4) is 0 Å². The van der Waals surface area contributed by atoms with Crippen molar-refractivity contribution in [3.63, 3.8) is 0 Å². The summed E-state index contributed by atoms with van der Waals surface area (Å²) in [5.41, 5.74) is 0.463. The smallest absolute Gasteiger partial charge is 0.244 e. The topological polar surface area (TPSA) is 86.8 Å². The van der Waals surface area contributed by atoms with Gasteiger partial charge in [-0.25, -0.2) is 12.8 Å². The Morgan fingerprint density at radius 3 is 2.21 bits per heavy atom. The highest BCUT2D eigenvalue weighted by atomic mass is 35.5. The molecule has 2 rings (SSSR count). The Bertz CT molecular complexity index is 1080. The van der Waals surface area contributed by atoms with Crippen LogP contribution in [0.15, 0.2) is 48.5 Å². The lowest BCUT2D eigenvalue weighted by Crippen LogP contribution is -2.51. The van der Waals surface area contributed by atoms with E-state index < -0.39 is 40.2 Å². The number of amides is 2. The van der Waals surface area contributed by atoms with E-state index in [9.17, 15) is 22.4 Å². The van der Waals surface area contributed by atoms with Gasteiger partial charge in [0.2, 0.25) is 21.8 Å². The van der Waals surface area contributed by atoms with E-state index in [0.717, 1.165) is 10.6 Å². The molecular formula is C23H29ClFN3O4S. The van der Waals surface area contributed by atoms with Crippen molar-refractivity contribution >= 4 is 39.1 Å². The summed E-state index contributed by atoms with van der Waals surface area (Å²) >= 11 is 5.90. The Labute approximate surface area is 199 Å². The van der Waals surface area contributed by atoms with E-state index >= 15 is 0 Å². The van der Waals surface area contributed by atoms with Crippen LogP contribution in [0.4, 0.5) is 10.1 Å². The molecule has 2 aromatic carbocycles. The third-order valence-electron chi connectivity index (χ3n) is 4.94. The summed E-state index contributed by atoms with van der Waals surface area (Å²) in [5, 5.41) is 3.18. The van der Waals surface area contributed by atoms with Crippen LogP contribution in [0.5, 0.6) is 0 Å². The average molecular weight is 498 g/mol. The molecule has 10 heteroatoms. The number of nitrogens with one attached hydrogen (secondary N) is 1. The summed E-state index contributed by atoms with van der Waals surface area (Å²) in [6.07, 6.45) is 0.981. The normalized spacial score (nSPS) is 12.3. The number of anilines is 1. The van der Waals surface area contributed by atoms with Crippen LogP contribution in [0.25, 0.3) is 0 Å². The molecule has 0 unspecified atom stereocenters. The van der Waals surface area contributed by atoms with Crippen LogP contribution < -0.4 is 9.62 Å². The van der Waals surface area contributed by atoms with Gasteiger partial charge in [0.05, 0.1) is 11.9 Å². The Balaban J connectivity index is 2.36. The first-order valence-corrected chi connectivity index (χ1v) is 12.7. The van der Waals surface area contributed by atoms with E-state index in [1.165, 1.54) is 54.3 Å². The monoisotopic (exact) mass is 497 g/mol. The summed E-state index contributed by atoms with van der Waals surface area (Å²) in [4.78, 5) is 27.2. The van der Waals surface area contributed by atoms with Gasteiger partial charge in [-0.2, -0.15) is 0 Å². The minimum atomic E-state index is -3.84. The van der Waals surface area contributed by atoms with E-state index in [0.29, 0.717) is 11.6 Å². The fourth-order valence-corrected chi connectivity index (χ4v) is 4.04. The van der Waals surface area contributed by atoms with Crippen LogP contribution in [0.1, 0.15) is 26.3 Å². The van der Waals surface area contributed by atoms with Crippen LogP contribution in [0.3, 0.4) is 0 Å². The molecule has 0 heterocycles. The zero-order valence-corrected chi connectivity index (χ0v) is 20.7. The summed E-state index contributed by atoms with van der Waals surface area (Å²) in [5.74, 6) is -1.39. The second-order valence-electron chi connectivity index (χ2n) is 8.17. The number of rotatable bonds is 10. The largest absolute Gasteiger partial charge is 0.354 e. The van der Waals surface area contributed by atoms with Crippen molar-refractivity contribution < 1.29 is 22.4 Å². The quantitative estimate of drug-likeness (QED) is 0.544. The molecule has 0 fully saturated rings. The van der Waals surface area contributed by atoms with Crippen molar-refractivity contribution in [2.45, 2.75) is 33.4 Å². The number of sulfonamides is 1. The van der Waals surface area contributed by atoms with Crippen LogP contribution >= 0.6 is 11.6 Å². The predicted molar refractivity (Wildman–Crippen MR) is 128 cm³/mol. The molecule has 0 saturated heterocycles. The number of halogens is 2. The van der Waals surface area contributed by atoms with Gasteiger partial charge in [-0.05, 0) is 43.2 Å².